The Kier molecular flexibility index (Phi) is 6.59. The summed E-state index contributed by atoms with van der Waals surface area (Å²) < 4.78 is 30.7. The quantitative estimate of drug-likeness (QED) is 0.336. The van der Waals surface area contributed by atoms with Crippen molar-refractivity contribution >= 4 is 44.8 Å². The van der Waals surface area contributed by atoms with E-state index in [-0.39, 0.29) is 29.7 Å². The highest BCUT2D eigenvalue weighted by atomic mass is 32.1. The molecular weight excluding hydrogens is 465 g/mol. The number of carbonyl (C=O) groups excluding carboxylic acids is 1. The number of phenols is 1. The largest absolute Gasteiger partial charge is 0.504 e. The maximum atomic E-state index is 14.5. The molecule has 0 bridgehead atoms. The van der Waals surface area contributed by atoms with E-state index in [0.29, 0.717) is 39.0 Å². The average molecular weight is 485 g/mol. The number of hydrogen-bond donors (Lipinski definition) is 3. The average Bonchev–Trinajstić information content (AvgIpc) is 3.25. The fraction of sp³-hybridized carbons (Fsp3) is 0.182. The van der Waals surface area contributed by atoms with Crippen LogP contribution in [0.2, 0.25) is 0 Å². The van der Waals surface area contributed by atoms with E-state index in [9.17, 15) is 14.3 Å². The first-order valence-corrected chi connectivity index (χ1v) is 10.8. The fourth-order valence-corrected chi connectivity index (χ4v) is 3.84. The second-order valence-corrected chi connectivity index (χ2v) is 7.84. The second-order valence-electron chi connectivity index (χ2n) is 6.99. The zero-order valence-corrected chi connectivity index (χ0v) is 19.2. The molecular formula is C22H20FN5O5S. The molecule has 10 nitrogen and oxygen atoms in total. The minimum Gasteiger partial charge on any atom is -0.504 e. The number of rotatable bonds is 8. The van der Waals surface area contributed by atoms with E-state index in [4.69, 9.17) is 14.2 Å². The molecule has 0 aliphatic carbocycles. The molecule has 3 N–H and O–H groups in total. The number of amides is 1. The minimum atomic E-state index is -0.629. The predicted molar refractivity (Wildman–Crippen MR) is 125 cm³/mol. The smallest absolute Gasteiger partial charge is 0.223 e. The van der Waals surface area contributed by atoms with Crippen molar-refractivity contribution in [2.24, 2.45) is 0 Å². The van der Waals surface area contributed by atoms with Crippen molar-refractivity contribution < 1.29 is 28.5 Å². The molecule has 0 saturated heterocycles. The third kappa shape index (κ3) is 4.91. The summed E-state index contributed by atoms with van der Waals surface area (Å²) in [5.41, 5.74) is 1.16. The Bertz CT molecular complexity index is 1360. The van der Waals surface area contributed by atoms with Crippen LogP contribution < -0.4 is 24.8 Å². The highest BCUT2D eigenvalue weighted by Gasteiger charge is 2.15. The molecule has 12 heteroatoms. The summed E-state index contributed by atoms with van der Waals surface area (Å²) in [6, 6.07) is 5.62. The standard InChI is InChI=1S/C22H20FN5O5S/c1-11(29)26-22-27-12(9-34-22)8-33-20-7-15-13(4-19(20)32-3)21(25-10-24-15)28-16-6-17(30)18(31-2)5-14(16)23/h4-7,9-10,30H,8H2,1-3H3,(H,24,25,28)(H,26,27,29). The number of thiazole rings is 1. The van der Waals surface area contributed by atoms with E-state index in [0.717, 1.165) is 6.07 Å². The highest BCUT2D eigenvalue weighted by molar-refractivity contribution is 7.13. The monoisotopic (exact) mass is 485 g/mol. The molecule has 176 valence electrons. The number of fused-ring (bicyclic) bond motifs is 1. The van der Waals surface area contributed by atoms with Gasteiger partial charge < -0.3 is 30.0 Å². The van der Waals surface area contributed by atoms with Gasteiger partial charge in [-0.3, -0.25) is 4.79 Å². The van der Waals surface area contributed by atoms with Crippen molar-refractivity contribution in [3.8, 4) is 23.0 Å². The van der Waals surface area contributed by atoms with Gasteiger partial charge in [0.1, 0.15) is 18.8 Å². The maximum absolute atomic E-state index is 14.5. The van der Waals surface area contributed by atoms with Gasteiger partial charge in [0.05, 0.1) is 31.1 Å². The number of anilines is 3. The number of phenolic OH excluding ortho intramolecular Hbond substituents is 1. The molecule has 0 aliphatic rings. The molecule has 4 rings (SSSR count). The van der Waals surface area contributed by atoms with Crippen LogP contribution in [0, 0.1) is 5.82 Å². The maximum Gasteiger partial charge on any atom is 0.223 e. The lowest BCUT2D eigenvalue weighted by Crippen LogP contribution is -2.05. The molecule has 0 fully saturated rings. The number of aromatic hydroxyl groups is 1. The van der Waals surface area contributed by atoms with Crippen LogP contribution in [0.25, 0.3) is 10.9 Å². The van der Waals surface area contributed by atoms with Gasteiger partial charge >= 0.3 is 0 Å². The van der Waals surface area contributed by atoms with Crippen molar-refractivity contribution in [1.82, 2.24) is 15.0 Å². The zero-order chi connectivity index (χ0) is 24.2. The van der Waals surface area contributed by atoms with Gasteiger partial charge in [0.15, 0.2) is 33.9 Å². The molecule has 2 aromatic heterocycles. The van der Waals surface area contributed by atoms with Gasteiger partial charge in [0, 0.05) is 35.9 Å². The Labute approximate surface area is 197 Å². The van der Waals surface area contributed by atoms with Crippen molar-refractivity contribution in [3.63, 3.8) is 0 Å². The Morgan fingerprint density at radius 3 is 2.65 bits per heavy atom. The third-order valence-corrected chi connectivity index (χ3v) is 5.46. The molecule has 2 aromatic carbocycles. The number of nitrogens with zero attached hydrogens (tertiary/aromatic N) is 3. The Hall–Kier alpha value is -4.19. The lowest BCUT2D eigenvalue weighted by molar-refractivity contribution is -0.114. The van der Waals surface area contributed by atoms with Crippen LogP contribution in [-0.2, 0) is 11.4 Å². The number of hydrogen-bond acceptors (Lipinski definition) is 10. The van der Waals surface area contributed by atoms with Crippen LogP contribution >= 0.6 is 11.3 Å². The van der Waals surface area contributed by atoms with Crippen LogP contribution in [0.4, 0.5) is 21.0 Å². The summed E-state index contributed by atoms with van der Waals surface area (Å²) in [5.74, 6) is 0.0904. The van der Waals surface area contributed by atoms with Crippen molar-refractivity contribution in [2.45, 2.75) is 13.5 Å². The van der Waals surface area contributed by atoms with Gasteiger partial charge in [-0.05, 0) is 6.07 Å². The van der Waals surface area contributed by atoms with Gasteiger partial charge in [-0.15, -0.1) is 11.3 Å². The van der Waals surface area contributed by atoms with Gasteiger partial charge in [-0.25, -0.2) is 19.3 Å². The molecule has 2 heterocycles. The van der Waals surface area contributed by atoms with Crippen molar-refractivity contribution in [1.29, 1.82) is 0 Å². The molecule has 34 heavy (non-hydrogen) atoms. The zero-order valence-electron chi connectivity index (χ0n) is 18.4. The highest BCUT2D eigenvalue weighted by Crippen LogP contribution is 2.37. The first kappa shape index (κ1) is 23.0. The molecule has 0 saturated carbocycles. The van der Waals surface area contributed by atoms with Crippen LogP contribution in [0.15, 0.2) is 36.0 Å². The fourth-order valence-electron chi connectivity index (χ4n) is 3.10. The minimum absolute atomic E-state index is 0.0103. The molecule has 0 unspecified atom stereocenters. The summed E-state index contributed by atoms with van der Waals surface area (Å²) in [6.45, 7) is 1.55. The van der Waals surface area contributed by atoms with Crippen LogP contribution in [0.1, 0.15) is 12.6 Å². The van der Waals surface area contributed by atoms with E-state index < -0.39 is 5.82 Å². The normalized spacial score (nSPS) is 10.7. The summed E-state index contributed by atoms with van der Waals surface area (Å²) in [7, 11) is 2.83. The lowest BCUT2D eigenvalue weighted by Gasteiger charge is -2.14. The molecule has 0 spiro atoms. The lowest BCUT2D eigenvalue weighted by atomic mass is 10.2. The molecule has 0 radical (unpaired) electrons. The van der Waals surface area contributed by atoms with Gasteiger partial charge in [0.25, 0.3) is 0 Å². The molecule has 0 atom stereocenters. The van der Waals surface area contributed by atoms with E-state index in [2.05, 4.69) is 25.6 Å². The predicted octanol–water partition coefficient (Wildman–Crippen LogP) is 4.23. The van der Waals surface area contributed by atoms with Gasteiger partial charge in [0.2, 0.25) is 5.91 Å². The van der Waals surface area contributed by atoms with Crippen LogP contribution in [0.3, 0.4) is 0 Å². The summed E-state index contributed by atoms with van der Waals surface area (Å²) in [5, 5.41) is 18.3. The van der Waals surface area contributed by atoms with Gasteiger partial charge in [-0.1, -0.05) is 0 Å². The number of methoxy groups -OCH3 is 2. The number of carbonyl (C=O) groups is 1. The Morgan fingerprint density at radius 2 is 1.91 bits per heavy atom. The SMILES string of the molecule is COc1cc(F)c(Nc2ncnc3cc(OCc4csc(NC(C)=O)n4)c(OC)cc23)cc1O. The Balaban J connectivity index is 1.61. The number of nitrogens with one attached hydrogen (secondary N) is 2. The van der Waals surface area contributed by atoms with E-state index in [1.54, 1.807) is 17.5 Å². The van der Waals surface area contributed by atoms with Crippen molar-refractivity contribution in [3.05, 3.63) is 47.5 Å². The second kappa shape index (κ2) is 9.75. The molecule has 1 amide bonds. The third-order valence-electron chi connectivity index (χ3n) is 4.65. The number of ether oxygens (including phenoxy) is 3. The summed E-state index contributed by atoms with van der Waals surface area (Å²) >= 11 is 1.29. The Morgan fingerprint density at radius 1 is 1.12 bits per heavy atom. The van der Waals surface area contributed by atoms with Crippen LogP contribution in [-0.4, -0.2) is 40.2 Å². The topological polar surface area (TPSA) is 128 Å². The van der Waals surface area contributed by atoms with E-state index in [1.165, 1.54) is 44.9 Å². The first-order chi connectivity index (χ1) is 16.4. The van der Waals surface area contributed by atoms with Crippen LogP contribution in [0.5, 0.6) is 23.0 Å². The van der Waals surface area contributed by atoms with Gasteiger partial charge in [-0.2, -0.15) is 0 Å². The number of halogens is 1. The molecule has 0 aliphatic heterocycles. The van der Waals surface area contributed by atoms with Crippen molar-refractivity contribution in [2.75, 3.05) is 24.9 Å². The summed E-state index contributed by atoms with van der Waals surface area (Å²) in [6.07, 6.45) is 1.32. The first-order valence-electron chi connectivity index (χ1n) is 9.89. The number of benzene rings is 2. The van der Waals surface area contributed by atoms with E-state index in [1.807, 2.05) is 0 Å². The summed E-state index contributed by atoms with van der Waals surface area (Å²) in [4.78, 5) is 23.9. The number of aromatic nitrogens is 3. The molecule has 4 aromatic rings. The van der Waals surface area contributed by atoms with E-state index >= 15 is 0 Å².